The molecule has 0 aliphatic carbocycles. The molecule has 1 aliphatic heterocycles. The predicted molar refractivity (Wildman–Crippen MR) is 126 cm³/mol. The molecule has 1 aliphatic rings. The van der Waals surface area contributed by atoms with Crippen LogP contribution in [0.15, 0.2) is 48.5 Å². The number of sulfonamides is 1. The van der Waals surface area contributed by atoms with Crippen molar-refractivity contribution in [1.29, 1.82) is 0 Å². The summed E-state index contributed by atoms with van der Waals surface area (Å²) in [7, 11) is -3.52. The number of carbonyl (C=O) groups excluding carboxylic acids is 2. The normalized spacial score (nSPS) is 15.6. The fraction of sp³-hybridized carbons (Fsp3) is 0.417. The number of nitrogens with zero attached hydrogens (tertiary/aromatic N) is 1. The Hall–Kier alpha value is -2.82. The first-order valence-corrected chi connectivity index (χ1v) is 12.7. The Kier molecular flexibility index (Phi) is 8.76. The lowest BCUT2D eigenvalue weighted by atomic mass is 10.0. The van der Waals surface area contributed by atoms with Crippen LogP contribution in [0.3, 0.4) is 0 Å². The van der Waals surface area contributed by atoms with Crippen LogP contribution in [0.5, 0.6) is 0 Å². The van der Waals surface area contributed by atoms with Crippen molar-refractivity contribution in [2.24, 2.45) is 5.92 Å². The maximum atomic E-state index is 13.1. The number of rotatable bonds is 9. The van der Waals surface area contributed by atoms with Crippen LogP contribution in [0, 0.1) is 11.7 Å². The van der Waals surface area contributed by atoms with Crippen molar-refractivity contribution in [2.75, 3.05) is 26.3 Å². The Morgan fingerprint density at radius 1 is 1.03 bits per heavy atom. The van der Waals surface area contributed by atoms with Crippen LogP contribution in [-0.4, -0.2) is 56.9 Å². The summed E-state index contributed by atoms with van der Waals surface area (Å²) in [5.74, 6) is -1.71. The van der Waals surface area contributed by atoms with Gasteiger partial charge in [0.25, 0.3) is 5.91 Å². The first-order chi connectivity index (χ1) is 16.2. The van der Waals surface area contributed by atoms with Crippen molar-refractivity contribution in [3.05, 3.63) is 71.0 Å². The average molecular weight is 492 g/mol. The summed E-state index contributed by atoms with van der Waals surface area (Å²) in [6.45, 7) is 5.11. The number of morpholine rings is 1. The van der Waals surface area contributed by atoms with Crippen molar-refractivity contribution in [3.8, 4) is 0 Å². The van der Waals surface area contributed by atoms with Gasteiger partial charge in [0.15, 0.2) is 0 Å². The molecule has 1 fully saturated rings. The first-order valence-electron chi connectivity index (χ1n) is 11.1. The van der Waals surface area contributed by atoms with E-state index in [9.17, 15) is 22.4 Å². The number of halogens is 1. The molecule has 8 nitrogen and oxygen atoms in total. The van der Waals surface area contributed by atoms with E-state index in [0.717, 1.165) is 0 Å². The molecule has 10 heteroatoms. The molecular weight excluding hydrogens is 461 g/mol. The minimum absolute atomic E-state index is 0.114. The Morgan fingerprint density at radius 2 is 1.65 bits per heavy atom. The standard InChI is InChI=1S/C24H30FN3O5S/c1-17(2)22(27-23(29)18-7-9-21(25)10-8-18)24(30)26-15-19-5-3-4-6-20(19)16-34(31,32)28-11-13-33-14-12-28/h3-10,17,22H,11-16H2,1-2H3,(H,26,30)(H,27,29). The topological polar surface area (TPSA) is 105 Å². The van der Waals surface area contributed by atoms with Gasteiger partial charge in [-0.1, -0.05) is 38.1 Å². The zero-order valence-corrected chi connectivity index (χ0v) is 20.1. The van der Waals surface area contributed by atoms with E-state index in [1.807, 2.05) is 0 Å². The molecule has 2 amide bonds. The van der Waals surface area contributed by atoms with Gasteiger partial charge in [-0.2, -0.15) is 4.31 Å². The third-order valence-corrected chi connectivity index (χ3v) is 7.44. The lowest BCUT2D eigenvalue weighted by Crippen LogP contribution is -2.49. The van der Waals surface area contributed by atoms with Gasteiger partial charge in [0, 0.05) is 25.2 Å². The maximum Gasteiger partial charge on any atom is 0.251 e. The van der Waals surface area contributed by atoms with E-state index in [1.54, 1.807) is 38.1 Å². The quantitative estimate of drug-likeness (QED) is 0.559. The molecule has 0 radical (unpaired) electrons. The fourth-order valence-corrected chi connectivity index (χ4v) is 5.20. The second kappa shape index (κ2) is 11.5. The van der Waals surface area contributed by atoms with Crippen molar-refractivity contribution >= 4 is 21.8 Å². The first kappa shape index (κ1) is 25.8. The molecule has 2 N–H and O–H groups in total. The zero-order valence-electron chi connectivity index (χ0n) is 19.3. The van der Waals surface area contributed by atoms with Crippen LogP contribution in [0.2, 0.25) is 0 Å². The lowest BCUT2D eigenvalue weighted by molar-refractivity contribution is -0.124. The van der Waals surface area contributed by atoms with E-state index in [1.165, 1.54) is 28.6 Å². The maximum absolute atomic E-state index is 13.1. The van der Waals surface area contributed by atoms with Gasteiger partial charge in [-0.25, -0.2) is 12.8 Å². The zero-order chi connectivity index (χ0) is 24.7. The lowest BCUT2D eigenvalue weighted by Gasteiger charge is -2.26. The highest BCUT2D eigenvalue weighted by Crippen LogP contribution is 2.17. The molecular formula is C24H30FN3O5S. The molecule has 3 rings (SSSR count). The highest BCUT2D eigenvalue weighted by Gasteiger charge is 2.27. The van der Waals surface area contributed by atoms with Gasteiger partial charge in [0.05, 0.1) is 19.0 Å². The smallest absolute Gasteiger partial charge is 0.251 e. The number of amides is 2. The van der Waals surface area contributed by atoms with Crippen LogP contribution in [0.25, 0.3) is 0 Å². The predicted octanol–water partition coefficient (Wildman–Crippen LogP) is 2.06. The molecule has 0 spiro atoms. The molecule has 0 aromatic heterocycles. The summed E-state index contributed by atoms with van der Waals surface area (Å²) in [4.78, 5) is 25.4. The third kappa shape index (κ3) is 6.85. The van der Waals surface area contributed by atoms with Gasteiger partial charge in [0.1, 0.15) is 11.9 Å². The molecule has 0 saturated carbocycles. The van der Waals surface area contributed by atoms with Crippen molar-refractivity contribution in [1.82, 2.24) is 14.9 Å². The van der Waals surface area contributed by atoms with Gasteiger partial charge >= 0.3 is 0 Å². The Bertz CT molecular complexity index is 1100. The summed E-state index contributed by atoms with van der Waals surface area (Å²) in [5.41, 5.74) is 1.53. The van der Waals surface area contributed by atoms with Crippen LogP contribution in [-0.2, 0) is 31.9 Å². The molecule has 34 heavy (non-hydrogen) atoms. The highest BCUT2D eigenvalue weighted by molar-refractivity contribution is 7.88. The van der Waals surface area contributed by atoms with Crippen LogP contribution >= 0.6 is 0 Å². The van der Waals surface area contributed by atoms with E-state index >= 15 is 0 Å². The van der Waals surface area contributed by atoms with Gasteiger partial charge in [-0.15, -0.1) is 0 Å². The number of hydrogen-bond donors (Lipinski definition) is 2. The minimum Gasteiger partial charge on any atom is -0.379 e. The number of carbonyl (C=O) groups is 2. The molecule has 1 atom stereocenters. The summed E-state index contributed by atoms with van der Waals surface area (Å²) < 4.78 is 45.5. The molecule has 1 heterocycles. The van der Waals surface area contributed by atoms with E-state index in [2.05, 4.69) is 10.6 Å². The summed E-state index contributed by atoms with van der Waals surface area (Å²) >= 11 is 0. The largest absolute Gasteiger partial charge is 0.379 e. The van der Waals surface area contributed by atoms with E-state index in [0.29, 0.717) is 37.4 Å². The molecule has 0 bridgehead atoms. The molecule has 184 valence electrons. The van der Waals surface area contributed by atoms with E-state index in [-0.39, 0.29) is 23.8 Å². The third-order valence-electron chi connectivity index (χ3n) is 5.61. The number of hydrogen-bond acceptors (Lipinski definition) is 5. The SMILES string of the molecule is CC(C)C(NC(=O)c1ccc(F)cc1)C(=O)NCc1ccccc1CS(=O)(=O)N1CCOCC1. The van der Waals surface area contributed by atoms with Gasteiger partial charge in [-0.05, 0) is 41.3 Å². The van der Waals surface area contributed by atoms with Crippen molar-refractivity contribution in [2.45, 2.75) is 32.2 Å². The van der Waals surface area contributed by atoms with E-state index < -0.39 is 33.7 Å². The van der Waals surface area contributed by atoms with Crippen molar-refractivity contribution in [3.63, 3.8) is 0 Å². The number of benzene rings is 2. The molecule has 2 aromatic carbocycles. The monoisotopic (exact) mass is 491 g/mol. The fourth-order valence-electron chi connectivity index (χ4n) is 3.64. The Balaban J connectivity index is 1.65. The second-order valence-corrected chi connectivity index (χ2v) is 10.4. The number of ether oxygens (including phenoxy) is 1. The number of nitrogens with one attached hydrogen (secondary N) is 2. The summed E-state index contributed by atoms with van der Waals surface area (Å²) in [6.07, 6.45) is 0. The highest BCUT2D eigenvalue weighted by atomic mass is 32.2. The van der Waals surface area contributed by atoms with Gasteiger partial charge < -0.3 is 15.4 Å². The summed E-state index contributed by atoms with van der Waals surface area (Å²) in [5, 5.41) is 5.51. The molecule has 1 saturated heterocycles. The molecule has 1 unspecified atom stereocenters. The molecule has 2 aromatic rings. The second-order valence-electron chi connectivity index (χ2n) is 8.46. The average Bonchev–Trinajstić information content (AvgIpc) is 2.82. The Morgan fingerprint density at radius 3 is 2.26 bits per heavy atom. The van der Waals surface area contributed by atoms with Crippen molar-refractivity contribution < 1.29 is 27.1 Å². The van der Waals surface area contributed by atoms with E-state index in [4.69, 9.17) is 4.74 Å². The minimum atomic E-state index is -3.52. The Labute approximate surface area is 199 Å². The van der Waals surface area contributed by atoms with Crippen LogP contribution < -0.4 is 10.6 Å². The summed E-state index contributed by atoms with van der Waals surface area (Å²) in [6, 6.07) is 11.3. The van der Waals surface area contributed by atoms with Gasteiger partial charge in [-0.3, -0.25) is 9.59 Å². The van der Waals surface area contributed by atoms with Crippen LogP contribution in [0.1, 0.15) is 35.3 Å². The van der Waals surface area contributed by atoms with Gasteiger partial charge in [0.2, 0.25) is 15.9 Å². The van der Waals surface area contributed by atoms with Crippen LogP contribution in [0.4, 0.5) is 4.39 Å².